The van der Waals surface area contributed by atoms with Crippen LogP contribution in [0.2, 0.25) is 0 Å². The van der Waals surface area contributed by atoms with Crippen LogP contribution >= 0.6 is 0 Å². The first-order chi connectivity index (χ1) is 9.75. The lowest BCUT2D eigenvalue weighted by Gasteiger charge is -2.04. The molecule has 0 bridgehead atoms. The van der Waals surface area contributed by atoms with Gasteiger partial charge < -0.3 is 5.32 Å². The number of fused-ring (bicyclic) bond motifs is 1. The number of nitrogens with zero attached hydrogens (tertiary/aromatic N) is 3. The predicted molar refractivity (Wildman–Crippen MR) is 71.2 cm³/mol. The molecule has 0 saturated heterocycles. The Morgan fingerprint density at radius 2 is 2.25 bits per heavy atom. The highest BCUT2D eigenvalue weighted by molar-refractivity contribution is 5.93. The summed E-state index contributed by atoms with van der Waals surface area (Å²) < 4.78 is 1.34. The van der Waals surface area contributed by atoms with Crippen LogP contribution in [0.3, 0.4) is 0 Å². The Morgan fingerprint density at radius 3 is 3.05 bits per heavy atom. The molecule has 3 aromatic heterocycles. The van der Waals surface area contributed by atoms with Crippen LogP contribution in [-0.2, 0) is 6.54 Å². The smallest absolute Gasteiger partial charge is 0.270 e. The third-order valence-electron chi connectivity index (χ3n) is 2.86. The van der Waals surface area contributed by atoms with Crippen molar-refractivity contribution >= 4 is 11.6 Å². The summed E-state index contributed by atoms with van der Waals surface area (Å²) >= 11 is 0. The summed E-state index contributed by atoms with van der Waals surface area (Å²) in [5.74, 6) is -0.463. The van der Waals surface area contributed by atoms with Gasteiger partial charge in [-0.05, 0) is 18.2 Å². The molecule has 0 aliphatic heterocycles. The molecule has 0 spiro atoms. The molecular formula is C13H11N5O2. The van der Waals surface area contributed by atoms with Crippen LogP contribution < -0.4 is 10.9 Å². The summed E-state index contributed by atoms with van der Waals surface area (Å²) in [5.41, 5.74) is 0.876. The van der Waals surface area contributed by atoms with E-state index < -0.39 is 11.5 Å². The number of H-pyrrole nitrogens is 1. The monoisotopic (exact) mass is 269 g/mol. The number of carbonyl (C=O) groups is 1. The molecule has 7 nitrogen and oxygen atoms in total. The summed E-state index contributed by atoms with van der Waals surface area (Å²) in [7, 11) is 0. The Morgan fingerprint density at radius 1 is 1.35 bits per heavy atom. The van der Waals surface area contributed by atoms with E-state index in [0.717, 1.165) is 5.69 Å². The van der Waals surface area contributed by atoms with Crippen LogP contribution in [0.25, 0.3) is 5.65 Å². The van der Waals surface area contributed by atoms with Crippen molar-refractivity contribution in [2.45, 2.75) is 6.54 Å². The Balaban J connectivity index is 1.88. The SMILES string of the molecule is O=C(NCc1ccn[nH]1)c1cnc2ccccn2c1=O. The fraction of sp³-hybridized carbons (Fsp3) is 0.0769. The molecule has 0 atom stereocenters. The average molecular weight is 269 g/mol. The number of hydrogen-bond donors (Lipinski definition) is 2. The molecular weight excluding hydrogens is 258 g/mol. The van der Waals surface area contributed by atoms with E-state index in [-0.39, 0.29) is 12.1 Å². The van der Waals surface area contributed by atoms with Crippen molar-refractivity contribution in [1.29, 1.82) is 0 Å². The maximum atomic E-state index is 12.2. The summed E-state index contributed by atoms with van der Waals surface area (Å²) in [5, 5.41) is 9.14. The molecule has 0 saturated carbocycles. The minimum atomic E-state index is -0.463. The van der Waals surface area contributed by atoms with Gasteiger partial charge in [-0.25, -0.2) is 4.98 Å². The molecule has 2 N–H and O–H groups in total. The van der Waals surface area contributed by atoms with Crippen molar-refractivity contribution in [1.82, 2.24) is 24.9 Å². The molecule has 7 heteroatoms. The largest absolute Gasteiger partial charge is 0.346 e. The van der Waals surface area contributed by atoms with Gasteiger partial charge in [0, 0.05) is 18.6 Å². The van der Waals surface area contributed by atoms with Crippen LogP contribution in [0.1, 0.15) is 16.1 Å². The maximum absolute atomic E-state index is 12.2. The molecule has 0 aliphatic carbocycles. The summed E-state index contributed by atoms with van der Waals surface area (Å²) in [4.78, 5) is 28.3. The number of rotatable bonds is 3. The molecule has 3 heterocycles. The van der Waals surface area contributed by atoms with Crippen LogP contribution in [0.5, 0.6) is 0 Å². The average Bonchev–Trinajstić information content (AvgIpc) is 2.99. The van der Waals surface area contributed by atoms with Gasteiger partial charge in [0.15, 0.2) is 0 Å². The summed E-state index contributed by atoms with van der Waals surface area (Å²) in [6.45, 7) is 0.274. The second-order valence-electron chi connectivity index (χ2n) is 4.17. The van der Waals surface area contributed by atoms with Crippen molar-refractivity contribution in [2.75, 3.05) is 0 Å². The zero-order valence-corrected chi connectivity index (χ0v) is 10.4. The number of hydrogen-bond acceptors (Lipinski definition) is 4. The molecule has 0 unspecified atom stereocenters. The van der Waals surface area contributed by atoms with Gasteiger partial charge >= 0.3 is 0 Å². The van der Waals surface area contributed by atoms with Crippen LogP contribution in [-0.4, -0.2) is 25.5 Å². The zero-order valence-electron chi connectivity index (χ0n) is 10.4. The quantitative estimate of drug-likeness (QED) is 0.717. The van der Waals surface area contributed by atoms with Gasteiger partial charge in [-0.1, -0.05) is 6.07 Å². The zero-order chi connectivity index (χ0) is 13.9. The highest BCUT2D eigenvalue weighted by Crippen LogP contribution is 1.98. The molecule has 20 heavy (non-hydrogen) atoms. The standard InChI is InChI=1S/C13H11N5O2/c19-12(15-7-9-4-5-16-17-9)10-8-14-11-3-1-2-6-18(11)13(10)20/h1-6,8H,7H2,(H,15,19)(H,16,17). The second kappa shape index (κ2) is 4.96. The van der Waals surface area contributed by atoms with Gasteiger partial charge in [-0.2, -0.15) is 5.10 Å². The maximum Gasteiger partial charge on any atom is 0.270 e. The van der Waals surface area contributed by atoms with Crippen LogP contribution in [0.15, 0.2) is 47.7 Å². The Labute approximate surface area is 113 Å². The minimum Gasteiger partial charge on any atom is -0.346 e. The first-order valence-electron chi connectivity index (χ1n) is 5.98. The van der Waals surface area contributed by atoms with Crippen molar-refractivity contribution in [3.05, 3.63) is 64.5 Å². The lowest BCUT2D eigenvalue weighted by molar-refractivity contribution is 0.0948. The van der Waals surface area contributed by atoms with Gasteiger partial charge in [0.1, 0.15) is 11.2 Å². The predicted octanol–water partition coefficient (Wildman–Crippen LogP) is 0.348. The van der Waals surface area contributed by atoms with Gasteiger partial charge in [-0.3, -0.25) is 19.1 Å². The van der Waals surface area contributed by atoms with E-state index in [2.05, 4.69) is 20.5 Å². The van der Waals surface area contributed by atoms with E-state index >= 15 is 0 Å². The van der Waals surface area contributed by atoms with Gasteiger partial charge in [-0.15, -0.1) is 0 Å². The minimum absolute atomic E-state index is 0.00761. The summed E-state index contributed by atoms with van der Waals surface area (Å²) in [6.07, 6.45) is 4.46. The van der Waals surface area contributed by atoms with Gasteiger partial charge in [0.25, 0.3) is 11.5 Å². The van der Waals surface area contributed by atoms with Gasteiger partial charge in [0.2, 0.25) is 0 Å². The first kappa shape index (κ1) is 12.1. The third-order valence-corrected chi connectivity index (χ3v) is 2.86. The van der Waals surface area contributed by atoms with E-state index in [9.17, 15) is 9.59 Å². The van der Waals surface area contributed by atoms with E-state index in [1.54, 1.807) is 36.7 Å². The normalized spacial score (nSPS) is 10.6. The van der Waals surface area contributed by atoms with E-state index in [1.807, 2.05) is 0 Å². The lowest BCUT2D eigenvalue weighted by Crippen LogP contribution is -2.31. The number of aromatic amines is 1. The molecule has 0 radical (unpaired) electrons. The third kappa shape index (κ3) is 2.16. The van der Waals surface area contributed by atoms with Crippen molar-refractivity contribution in [3.8, 4) is 0 Å². The highest BCUT2D eigenvalue weighted by atomic mass is 16.2. The molecule has 0 aromatic carbocycles. The van der Waals surface area contributed by atoms with Crippen molar-refractivity contribution < 1.29 is 4.79 Å². The molecule has 100 valence electrons. The lowest BCUT2D eigenvalue weighted by atomic mass is 10.3. The molecule has 0 fully saturated rings. The molecule has 0 aliphatic rings. The molecule has 3 aromatic rings. The van der Waals surface area contributed by atoms with Crippen molar-refractivity contribution in [3.63, 3.8) is 0 Å². The fourth-order valence-electron chi connectivity index (χ4n) is 1.84. The second-order valence-corrected chi connectivity index (χ2v) is 4.17. The van der Waals surface area contributed by atoms with Gasteiger partial charge in [0.05, 0.1) is 12.2 Å². The highest BCUT2D eigenvalue weighted by Gasteiger charge is 2.12. The Kier molecular flexibility index (Phi) is 3.00. The molecule has 1 amide bonds. The number of nitrogens with one attached hydrogen (secondary N) is 2. The van der Waals surface area contributed by atoms with Crippen LogP contribution in [0, 0.1) is 0 Å². The number of pyridine rings is 1. The van der Waals surface area contributed by atoms with E-state index in [0.29, 0.717) is 5.65 Å². The Hall–Kier alpha value is -2.96. The van der Waals surface area contributed by atoms with E-state index in [4.69, 9.17) is 0 Å². The van der Waals surface area contributed by atoms with Crippen molar-refractivity contribution in [2.24, 2.45) is 0 Å². The topological polar surface area (TPSA) is 92.2 Å². The summed E-state index contributed by atoms with van der Waals surface area (Å²) in [6, 6.07) is 6.93. The van der Waals surface area contributed by atoms with Crippen LogP contribution in [0.4, 0.5) is 0 Å². The first-order valence-corrected chi connectivity index (χ1v) is 5.98. The Bertz CT molecular complexity index is 807. The molecule has 3 rings (SSSR count). The number of amides is 1. The number of aromatic nitrogens is 4. The number of carbonyl (C=O) groups excluding carboxylic acids is 1. The van der Waals surface area contributed by atoms with E-state index in [1.165, 1.54) is 10.6 Å². The fourth-order valence-corrected chi connectivity index (χ4v) is 1.84.